The van der Waals surface area contributed by atoms with Crippen LogP contribution in [0, 0.1) is 30.6 Å². The van der Waals surface area contributed by atoms with E-state index in [2.05, 4.69) is 17.3 Å². The molecule has 0 radical (unpaired) electrons. The molecule has 0 spiro atoms. The number of hydrogen-bond acceptors (Lipinski definition) is 2. The van der Waals surface area contributed by atoms with Crippen molar-refractivity contribution in [3.8, 4) is 18.4 Å². The van der Waals surface area contributed by atoms with Crippen LogP contribution < -0.4 is 5.32 Å². The molecule has 0 aromatic carbocycles. The molecule has 0 aliphatic heterocycles. The fourth-order valence-corrected chi connectivity index (χ4v) is 1.75. The maximum atomic E-state index is 8.91. The van der Waals surface area contributed by atoms with Gasteiger partial charge in [-0.15, -0.1) is 12.3 Å². The lowest BCUT2D eigenvalue weighted by Crippen LogP contribution is -2.15. The molecule has 0 aliphatic rings. The predicted molar refractivity (Wildman–Crippen MR) is 69.3 cm³/mol. The minimum absolute atomic E-state index is 0.714. The Kier molecular flexibility index (Phi) is 5.33. The van der Waals surface area contributed by atoms with E-state index in [1.54, 1.807) is 0 Å². The second-order valence-corrected chi connectivity index (χ2v) is 4.15. The summed E-state index contributed by atoms with van der Waals surface area (Å²) in [6, 6.07) is 4.14. The molecule has 3 nitrogen and oxygen atoms in total. The zero-order chi connectivity index (χ0) is 12.7. The maximum absolute atomic E-state index is 8.91. The van der Waals surface area contributed by atoms with Gasteiger partial charge in [0.1, 0.15) is 11.8 Å². The van der Waals surface area contributed by atoms with Crippen LogP contribution in [0.15, 0.2) is 6.07 Å². The summed E-state index contributed by atoms with van der Waals surface area (Å²) in [6.07, 6.45) is 8.21. The van der Waals surface area contributed by atoms with E-state index < -0.39 is 0 Å². The van der Waals surface area contributed by atoms with Crippen molar-refractivity contribution in [1.82, 2.24) is 9.88 Å². The lowest BCUT2D eigenvalue weighted by Gasteiger charge is -2.04. The van der Waals surface area contributed by atoms with Crippen molar-refractivity contribution in [2.24, 2.45) is 7.05 Å². The number of rotatable bonds is 6. The first-order valence-corrected chi connectivity index (χ1v) is 5.90. The first-order valence-electron chi connectivity index (χ1n) is 5.90. The summed E-state index contributed by atoms with van der Waals surface area (Å²) in [7, 11) is 1.92. The molecule has 0 fully saturated rings. The van der Waals surface area contributed by atoms with Crippen LogP contribution in [-0.2, 0) is 13.6 Å². The number of hydrogen-bond donors (Lipinski definition) is 1. The minimum atomic E-state index is 0.714. The van der Waals surface area contributed by atoms with Gasteiger partial charge in [-0.25, -0.2) is 0 Å². The number of nitrogens with one attached hydrogen (secondary N) is 1. The average Bonchev–Trinajstić information content (AvgIpc) is 2.61. The van der Waals surface area contributed by atoms with Gasteiger partial charge in [0.05, 0.1) is 0 Å². The molecule has 0 unspecified atom stereocenters. The Labute approximate surface area is 103 Å². The van der Waals surface area contributed by atoms with Gasteiger partial charge in [0.15, 0.2) is 0 Å². The monoisotopic (exact) mass is 229 g/mol. The van der Waals surface area contributed by atoms with Gasteiger partial charge in [0, 0.05) is 25.7 Å². The van der Waals surface area contributed by atoms with Crippen LogP contribution in [0.2, 0.25) is 0 Å². The molecular weight excluding hydrogens is 210 g/mol. The van der Waals surface area contributed by atoms with Gasteiger partial charge >= 0.3 is 0 Å². The summed E-state index contributed by atoms with van der Waals surface area (Å²) in [4.78, 5) is 0. The number of terminal acetylenes is 1. The first-order chi connectivity index (χ1) is 8.20. The van der Waals surface area contributed by atoms with E-state index in [0.717, 1.165) is 38.0 Å². The van der Waals surface area contributed by atoms with Crippen molar-refractivity contribution in [3.63, 3.8) is 0 Å². The minimum Gasteiger partial charge on any atom is -0.340 e. The molecule has 0 bridgehead atoms. The molecule has 1 rings (SSSR count). The molecule has 0 saturated heterocycles. The number of nitrogens with zero attached hydrogens (tertiary/aromatic N) is 2. The molecule has 0 saturated carbocycles. The van der Waals surface area contributed by atoms with Gasteiger partial charge < -0.3 is 9.88 Å². The smallest absolute Gasteiger partial charge is 0.120 e. The van der Waals surface area contributed by atoms with E-state index >= 15 is 0 Å². The topological polar surface area (TPSA) is 40.8 Å². The molecule has 3 heteroatoms. The van der Waals surface area contributed by atoms with Crippen molar-refractivity contribution in [2.45, 2.75) is 32.7 Å². The molecule has 0 amide bonds. The van der Waals surface area contributed by atoms with E-state index in [-0.39, 0.29) is 0 Å². The third-order valence-corrected chi connectivity index (χ3v) is 2.99. The summed E-state index contributed by atoms with van der Waals surface area (Å²) in [5.74, 6) is 2.64. The Balaban J connectivity index is 2.38. The molecule has 1 N–H and O–H groups in total. The summed E-state index contributed by atoms with van der Waals surface area (Å²) >= 11 is 0. The van der Waals surface area contributed by atoms with E-state index in [0.29, 0.717) is 5.69 Å². The van der Waals surface area contributed by atoms with E-state index in [4.69, 9.17) is 11.7 Å². The zero-order valence-corrected chi connectivity index (χ0v) is 10.6. The first kappa shape index (κ1) is 13.4. The van der Waals surface area contributed by atoms with Crippen molar-refractivity contribution < 1.29 is 0 Å². The van der Waals surface area contributed by atoms with Gasteiger partial charge in [0.2, 0.25) is 0 Å². The largest absolute Gasteiger partial charge is 0.340 e. The Bertz CT molecular complexity index is 443. The lowest BCUT2D eigenvalue weighted by molar-refractivity contribution is 0.627. The van der Waals surface area contributed by atoms with E-state index in [9.17, 15) is 0 Å². The van der Waals surface area contributed by atoms with Crippen LogP contribution in [0.3, 0.4) is 0 Å². The van der Waals surface area contributed by atoms with Gasteiger partial charge in [-0.05, 0) is 37.9 Å². The second-order valence-electron chi connectivity index (χ2n) is 4.15. The van der Waals surface area contributed by atoms with E-state index in [1.807, 2.05) is 24.6 Å². The molecule has 0 aliphatic carbocycles. The third kappa shape index (κ3) is 3.66. The van der Waals surface area contributed by atoms with Gasteiger partial charge in [-0.3, -0.25) is 0 Å². The van der Waals surface area contributed by atoms with Crippen LogP contribution in [0.5, 0.6) is 0 Å². The van der Waals surface area contributed by atoms with E-state index in [1.165, 1.54) is 5.56 Å². The summed E-state index contributed by atoms with van der Waals surface area (Å²) in [6.45, 7) is 3.82. The molecule has 17 heavy (non-hydrogen) atoms. The highest BCUT2D eigenvalue weighted by molar-refractivity contribution is 5.33. The summed E-state index contributed by atoms with van der Waals surface area (Å²) < 4.78 is 1.93. The van der Waals surface area contributed by atoms with Crippen LogP contribution in [0.1, 0.15) is 36.2 Å². The average molecular weight is 229 g/mol. The van der Waals surface area contributed by atoms with Gasteiger partial charge in [0.25, 0.3) is 0 Å². The highest BCUT2D eigenvalue weighted by atomic mass is 15.0. The number of unbranched alkanes of at least 4 members (excludes halogenated alkanes) is 2. The SMILES string of the molecule is C#CCCCCNCc1cc(C#N)n(C)c1C. The maximum Gasteiger partial charge on any atom is 0.120 e. The number of aromatic nitrogens is 1. The number of nitriles is 1. The molecule has 1 aromatic rings. The third-order valence-electron chi connectivity index (χ3n) is 2.99. The standard InChI is InChI=1S/C14H19N3/c1-4-5-6-7-8-16-11-13-9-14(10-15)17(3)12(13)2/h1,9,16H,5-8,11H2,2-3H3. The Morgan fingerprint density at radius 1 is 1.47 bits per heavy atom. The fourth-order valence-electron chi connectivity index (χ4n) is 1.75. The Hall–Kier alpha value is -1.71. The van der Waals surface area contributed by atoms with Crippen molar-refractivity contribution in [1.29, 1.82) is 5.26 Å². The molecule has 1 aromatic heterocycles. The van der Waals surface area contributed by atoms with Crippen molar-refractivity contribution in [3.05, 3.63) is 23.0 Å². The Morgan fingerprint density at radius 3 is 2.82 bits per heavy atom. The lowest BCUT2D eigenvalue weighted by atomic mass is 10.2. The predicted octanol–water partition coefficient (Wildman–Crippen LogP) is 2.10. The molecule has 90 valence electrons. The fraction of sp³-hybridized carbons (Fsp3) is 0.500. The normalized spacial score (nSPS) is 9.88. The molecule has 0 atom stereocenters. The highest BCUT2D eigenvalue weighted by Crippen LogP contribution is 2.12. The summed E-state index contributed by atoms with van der Waals surface area (Å²) in [5.41, 5.74) is 3.06. The summed E-state index contributed by atoms with van der Waals surface area (Å²) in [5, 5.41) is 12.3. The van der Waals surface area contributed by atoms with Gasteiger partial charge in [-0.2, -0.15) is 5.26 Å². The van der Waals surface area contributed by atoms with Crippen LogP contribution >= 0.6 is 0 Å². The highest BCUT2D eigenvalue weighted by Gasteiger charge is 2.07. The van der Waals surface area contributed by atoms with Crippen LogP contribution in [0.25, 0.3) is 0 Å². The quantitative estimate of drug-likeness (QED) is 0.599. The van der Waals surface area contributed by atoms with Crippen molar-refractivity contribution in [2.75, 3.05) is 6.54 Å². The van der Waals surface area contributed by atoms with Crippen LogP contribution in [-0.4, -0.2) is 11.1 Å². The zero-order valence-electron chi connectivity index (χ0n) is 10.6. The van der Waals surface area contributed by atoms with Crippen LogP contribution in [0.4, 0.5) is 0 Å². The molecular formula is C14H19N3. The Morgan fingerprint density at radius 2 is 2.24 bits per heavy atom. The molecule has 1 heterocycles. The second kappa shape index (κ2) is 6.78. The van der Waals surface area contributed by atoms with Crippen molar-refractivity contribution >= 4 is 0 Å². The van der Waals surface area contributed by atoms with Gasteiger partial charge in [-0.1, -0.05) is 0 Å².